The van der Waals surface area contributed by atoms with Gasteiger partial charge in [0.2, 0.25) is 0 Å². The van der Waals surface area contributed by atoms with Gasteiger partial charge in [0, 0.05) is 23.4 Å². The van der Waals surface area contributed by atoms with Crippen LogP contribution in [0.4, 0.5) is 14.9 Å². The van der Waals surface area contributed by atoms with Crippen molar-refractivity contribution in [2.45, 2.75) is 18.4 Å². The number of nitrogens with one attached hydrogen (secondary N) is 1. The summed E-state index contributed by atoms with van der Waals surface area (Å²) in [5, 5.41) is 20.7. The van der Waals surface area contributed by atoms with Crippen LogP contribution in [0.1, 0.15) is 18.4 Å². The molecule has 0 saturated carbocycles. The molecule has 2 rings (SSSR count). The van der Waals surface area contributed by atoms with Crippen LogP contribution in [0.25, 0.3) is 0 Å². The Balaban J connectivity index is 2.29. The summed E-state index contributed by atoms with van der Waals surface area (Å²) in [5.74, 6) is -0.294. The van der Waals surface area contributed by atoms with Crippen molar-refractivity contribution < 1.29 is 24.2 Å². The Bertz CT molecular complexity index is 536. The van der Waals surface area contributed by atoms with Gasteiger partial charge in [0.05, 0.1) is 0 Å². The number of halogens is 1. The Hall–Kier alpha value is -1.60. The van der Waals surface area contributed by atoms with Crippen molar-refractivity contribution in [3.05, 3.63) is 29.6 Å². The van der Waals surface area contributed by atoms with Crippen LogP contribution in [0.5, 0.6) is 0 Å². The molecule has 1 unspecified atom stereocenters. The third-order valence-electron chi connectivity index (χ3n) is 2.94. The second-order valence-electron chi connectivity index (χ2n) is 4.30. The normalized spacial score (nSPS) is 23.2. The number of thioether (sulfide) groups is 1. The minimum atomic E-state index is -1.51. The summed E-state index contributed by atoms with van der Waals surface area (Å²) in [6.45, 7) is 0. The van der Waals surface area contributed by atoms with E-state index in [9.17, 15) is 19.1 Å². The lowest BCUT2D eigenvalue weighted by molar-refractivity contribution is -0.117. The molecule has 5 nitrogen and oxygen atoms in total. The molecule has 0 aliphatic carbocycles. The number of anilines is 1. The predicted molar refractivity (Wildman–Crippen MR) is 68.6 cm³/mol. The van der Waals surface area contributed by atoms with E-state index in [1.54, 1.807) is 0 Å². The molecule has 1 heterocycles. The van der Waals surface area contributed by atoms with Crippen LogP contribution in [0.15, 0.2) is 18.2 Å². The van der Waals surface area contributed by atoms with Crippen molar-refractivity contribution in [3.8, 4) is 0 Å². The number of benzene rings is 1. The van der Waals surface area contributed by atoms with Gasteiger partial charge < -0.3 is 10.2 Å². The Morgan fingerprint density at radius 3 is 2.79 bits per heavy atom. The number of carbonyl (C=O) groups is 2. The maximum atomic E-state index is 13.9. The van der Waals surface area contributed by atoms with E-state index in [-0.39, 0.29) is 29.2 Å². The van der Waals surface area contributed by atoms with Crippen LogP contribution < -0.4 is 5.32 Å². The van der Waals surface area contributed by atoms with Gasteiger partial charge in [-0.15, -0.1) is 0 Å². The van der Waals surface area contributed by atoms with Crippen molar-refractivity contribution in [3.63, 3.8) is 0 Å². The molecule has 1 aliphatic rings. The van der Waals surface area contributed by atoms with Gasteiger partial charge in [0.1, 0.15) is 11.4 Å². The number of carbonyl (C=O) groups excluding carboxylic acids is 1. The van der Waals surface area contributed by atoms with E-state index in [1.807, 2.05) is 5.32 Å². The predicted octanol–water partition coefficient (Wildman–Crippen LogP) is 2.16. The summed E-state index contributed by atoms with van der Waals surface area (Å²) < 4.78 is 13.9. The number of aliphatic hydroxyl groups is 1. The van der Waals surface area contributed by atoms with Crippen molar-refractivity contribution in [1.82, 2.24) is 0 Å². The quantitative estimate of drug-likeness (QED) is 0.775. The van der Waals surface area contributed by atoms with Crippen LogP contribution in [0.3, 0.4) is 0 Å². The SMILES string of the molecule is O=C(O)Nc1ccc(C2(O)CCSC(=O)C2)c(F)c1. The molecule has 1 fully saturated rings. The number of carboxylic acid groups (broad SMARTS) is 1. The van der Waals surface area contributed by atoms with Crippen LogP contribution in [0, 0.1) is 5.82 Å². The van der Waals surface area contributed by atoms with Gasteiger partial charge >= 0.3 is 6.09 Å². The van der Waals surface area contributed by atoms with Gasteiger partial charge in [-0.05, 0) is 18.6 Å². The summed E-state index contributed by atoms with van der Waals surface area (Å²) in [6.07, 6.45) is -1.15. The molecule has 0 bridgehead atoms. The molecule has 19 heavy (non-hydrogen) atoms. The van der Waals surface area contributed by atoms with Gasteiger partial charge in [-0.25, -0.2) is 9.18 Å². The van der Waals surface area contributed by atoms with Crippen molar-refractivity contribution in [1.29, 1.82) is 0 Å². The lowest BCUT2D eigenvalue weighted by Crippen LogP contribution is -2.33. The van der Waals surface area contributed by atoms with E-state index < -0.39 is 17.5 Å². The maximum Gasteiger partial charge on any atom is 0.409 e. The average molecular weight is 285 g/mol. The first-order valence-corrected chi connectivity index (χ1v) is 6.57. The first-order valence-electron chi connectivity index (χ1n) is 5.59. The Labute approximate surface area is 112 Å². The standard InChI is InChI=1S/C12H12FNO4S/c13-9-5-7(14-11(16)17)1-2-8(9)12(18)3-4-19-10(15)6-12/h1-2,5,14,18H,3-4,6H2,(H,16,17). The molecule has 1 aliphatic heterocycles. The van der Waals surface area contributed by atoms with Gasteiger partial charge in [-0.1, -0.05) is 17.8 Å². The largest absolute Gasteiger partial charge is 0.465 e. The zero-order chi connectivity index (χ0) is 14.0. The van der Waals surface area contributed by atoms with Crippen molar-refractivity contribution in [2.75, 3.05) is 11.1 Å². The molecule has 1 saturated heterocycles. The highest BCUT2D eigenvalue weighted by atomic mass is 32.2. The first kappa shape index (κ1) is 13.8. The second-order valence-corrected chi connectivity index (χ2v) is 5.46. The third kappa shape index (κ3) is 3.05. The fourth-order valence-electron chi connectivity index (χ4n) is 2.04. The van der Waals surface area contributed by atoms with E-state index in [2.05, 4.69) is 0 Å². The molecular weight excluding hydrogens is 273 g/mol. The molecule has 1 aromatic carbocycles. The monoisotopic (exact) mass is 285 g/mol. The van der Waals surface area contributed by atoms with E-state index in [4.69, 9.17) is 5.11 Å². The van der Waals surface area contributed by atoms with Crippen LogP contribution in [0.2, 0.25) is 0 Å². The summed E-state index contributed by atoms with van der Waals surface area (Å²) in [7, 11) is 0. The molecule has 1 aromatic rings. The number of rotatable bonds is 2. The van der Waals surface area contributed by atoms with E-state index in [1.165, 1.54) is 12.1 Å². The minimum absolute atomic E-state index is 0.0251. The molecule has 1 amide bonds. The zero-order valence-electron chi connectivity index (χ0n) is 9.85. The van der Waals surface area contributed by atoms with Crippen LogP contribution in [-0.4, -0.2) is 27.2 Å². The molecule has 1 atom stereocenters. The summed E-state index contributed by atoms with van der Waals surface area (Å²) in [6, 6.07) is 3.66. The average Bonchev–Trinajstić information content (AvgIpc) is 2.27. The topological polar surface area (TPSA) is 86.6 Å². The third-order valence-corrected chi connectivity index (χ3v) is 3.81. The highest BCUT2D eigenvalue weighted by Gasteiger charge is 2.37. The van der Waals surface area contributed by atoms with E-state index in [0.29, 0.717) is 5.75 Å². The summed E-state index contributed by atoms with van der Waals surface area (Å²) in [4.78, 5) is 21.8. The van der Waals surface area contributed by atoms with E-state index >= 15 is 0 Å². The summed E-state index contributed by atoms with van der Waals surface area (Å²) in [5.41, 5.74) is -1.40. The molecule has 3 N–H and O–H groups in total. The summed E-state index contributed by atoms with van der Waals surface area (Å²) >= 11 is 1.12. The van der Waals surface area contributed by atoms with Crippen molar-refractivity contribution in [2.24, 2.45) is 0 Å². The van der Waals surface area contributed by atoms with Crippen LogP contribution in [-0.2, 0) is 10.4 Å². The van der Waals surface area contributed by atoms with Gasteiger partial charge in [-0.2, -0.15) is 0 Å². The second kappa shape index (κ2) is 5.18. The lowest BCUT2D eigenvalue weighted by Gasteiger charge is -2.31. The highest BCUT2D eigenvalue weighted by molar-refractivity contribution is 8.13. The zero-order valence-corrected chi connectivity index (χ0v) is 10.7. The molecule has 102 valence electrons. The Kier molecular flexibility index (Phi) is 3.77. The fraction of sp³-hybridized carbons (Fsp3) is 0.333. The molecule has 0 radical (unpaired) electrons. The maximum absolute atomic E-state index is 13.9. The smallest absolute Gasteiger partial charge is 0.409 e. The highest BCUT2D eigenvalue weighted by Crippen LogP contribution is 2.38. The lowest BCUT2D eigenvalue weighted by atomic mass is 9.87. The van der Waals surface area contributed by atoms with Gasteiger partial charge in [-0.3, -0.25) is 10.1 Å². The minimum Gasteiger partial charge on any atom is -0.465 e. The number of amides is 1. The Morgan fingerprint density at radius 1 is 1.47 bits per heavy atom. The van der Waals surface area contributed by atoms with E-state index in [0.717, 1.165) is 17.8 Å². The molecule has 0 aromatic heterocycles. The van der Waals surface area contributed by atoms with Gasteiger partial charge in [0.25, 0.3) is 0 Å². The molecule has 0 spiro atoms. The number of hydrogen-bond acceptors (Lipinski definition) is 4. The molecule has 7 heteroatoms. The first-order chi connectivity index (χ1) is 8.90. The molecular formula is C12H12FNO4S. The fourth-order valence-corrected chi connectivity index (χ4v) is 3.04. The van der Waals surface area contributed by atoms with Crippen LogP contribution >= 0.6 is 11.8 Å². The Morgan fingerprint density at radius 2 is 2.21 bits per heavy atom. The number of hydrogen-bond donors (Lipinski definition) is 3. The van der Waals surface area contributed by atoms with Gasteiger partial charge in [0.15, 0.2) is 5.12 Å². The van der Waals surface area contributed by atoms with Crippen molar-refractivity contribution >= 4 is 28.7 Å².